The smallest absolute Gasteiger partial charge is 0.254 e. The molecule has 0 aromatic carbocycles. The molecule has 1 fully saturated rings. The van der Waals surface area contributed by atoms with Gasteiger partial charge in [0.05, 0.1) is 10.8 Å². The van der Waals surface area contributed by atoms with Gasteiger partial charge in [-0.05, 0) is 25.3 Å². The maximum atomic E-state index is 12.2. The van der Waals surface area contributed by atoms with Gasteiger partial charge in [0.2, 0.25) is 10.0 Å². The molecule has 22 heavy (non-hydrogen) atoms. The second-order valence-corrected chi connectivity index (χ2v) is 8.74. The first-order chi connectivity index (χ1) is 10.4. The lowest BCUT2D eigenvalue weighted by Gasteiger charge is -2.34. The third-order valence-electron chi connectivity index (χ3n) is 3.78. The van der Waals surface area contributed by atoms with Gasteiger partial charge in [0.1, 0.15) is 0 Å². The summed E-state index contributed by atoms with van der Waals surface area (Å²) in [6, 6.07) is 1.85. The van der Waals surface area contributed by atoms with E-state index in [0.29, 0.717) is 26.2 Å². The van der Waals surface area contributed by atoms with Gasteiger partial charge in [0.25, 0.3) is 5.91 Å². The van der Waals surface area contributed by atoms with Gasteiger partial charge >= 0.3 is 0 Å². The van der Waals surface area contributed by atoms with Crippen molar-refractivity contribution in [3.05, 3.63) is 22.4 Å². The monoisotopic (exact) mass is 345 g/mol. The highest BCUT2D eigenvalue weighted by atomic mass is 32.2. The predicted octanol–water partition coefficient (Wildman–Crippen LogP) is 0.834. The Bertz CT molecular complexity index is 576. The van der Waals surface area contributed by atoms with Crippen molar-refractivity contribution in [3.8, 4) is 0 Å². The number of hydrogen-bond donors (Lipinski definition) is 1. The molecule has 1 aromatic rings. The average molecular weight is 345 g/mol. The predicted molar refractivity (Wildman–Crippen MR) is 88.7 cm³/mol. The van der Waals surface area contributed by atoms with Gasteiger partial charge in [-0.2, -0.15) is 11.3 Å². The summed E-state index contributed by atoms with van der Waals surface area (Å²) in [5, 5.41) is 3.37. The molecule has 1 amide bonds. The van der Waals surface area contributed by atoms with Crippen LogP contribution in [0.5, 0.6) is 0 Å². The van der Waals surface area contributed by atoms with Crippen molar-refractivity contribution in [1.29, 1.82) is 0 Å². The van der Waals surface area contributed by atoms with Gasteiger partial charge in [0.15, 0.2) is 0 Å². The zero-order valence-corrected chi connectivity index (χ0v) is 14.6. The lowest BCUT2D eigenvalue weighted by atomic mass is 10.2. The van der Waals surface area contributed by atoms with Crippen molar-refractivity contribution in [2.75, 3.05) is 39.3 Å². The largest absolute Gasteiger partial charge is 0.336 e. The number of nitrogens with zero attached hydrogens (tertiary/aromatic N) is 2. The number of amides is 1. The molecule has 0 aliphatic carbocycles. The van der Waals surface area contributed by atoms with Gasteiger partial charge in [-0.15, -0.1) is 0 Å². The maximum absolute atomic E-state index is 12.2. The normalized spacial score (nSPS) is 17.1. The molecule has 1 saturated heterocycles. The summed E-state index contributed by atoms with van der Waals surface area (Å²) in [4.78, 5) is 16.2. The molecule has 0 radical (unpaired) electrons. The van der Waals surface area contributed by atoms with E-state index >= 15 is 0 Å². The number of piperazine rings is 1. The van der Waals surface area contributed by atoms with Crippen LogP contribution in [0, 0.1) is 0 Å². The minimum absolute atomic E-state index is 0.0846. The highest BCUT2D eigenvalue weighted by Gasteiger charge is 2.22. The van der Waals surface area contributed by atoms with E-state index in [9.17, 15) is 13.2 Å². The second-order valence-electron chi connectivity index (χ2n) is 5.63. The Morgan fingerprint density at radius 2 is 2.00 bits per heavy atom. The molecule has 8 heteroatoms. The van der Waals surface area contributed by atoms with Crippen molar-refractivity contribution in [2.24, 2.45) is 0 Å². The molecule has 1 aliphatic rings. The number of carbonyl (C=O) groups is 1. The minimum atomic E-state index is -3.19. The van der Waals surface area contributed by atoms with Crippen molar-refractivity contribution in [2.45, 2.75) is 19.1 Å². The summed E-state index contributed by atoms with van der Waals surface area (Å²) in [6.45, 7) is 7.34. The first-order valence-electron chi connectivity index (χ1n) is 7.42. The lowest BCUT2D eigenvalue weighted by molar-refractivity contribution is 0.0640. The topological polar surface area (TPSA) is 69.7 Å². The van der Waals surface area contributed by atoms with Crippen LogP contribution in [0.4, 0.5) is 0 Å². The first kappa shape index (κ1) is 17.4. The molecule has 1 aliphatic heterocycles. The highest BCUT2D eigenvalue weighted by molar-refractivity contribution is 7.90. The molecule has 0 atom stereocenters. The molecule has 124 valence electrons. The van der Waals surface area contributed by atoms with Crippen LogP contribution in [0.3, 0.4) is 0 Å². The summed E-state index contributed by atoms with van der Waals surface area (Å²) in [7, 11) is -3.19. The van der Waals surface area contributed by atoms with Crippen LogP contribution in [0.1, 0.15) is 24.2 Å². The van der Waals surface area contributed by atoms with Gasteiger partial charge in [-0.1, -0.05) is 0 Å². The van der Waals surface area contributed by atoms with Gasteiger partial charge < -0.3 is 4.90 Å². The van der Waals surface area contributed by atoms with Crippen molar-refractivity contribution >= 4 is 27.3 Å². The molecule has 2 rings (SSSR count). The summed E-state index contributed by atoms with van der Waals surface area (Å²) in [5.74, 6) is 0.0846. The molecule has 2 heterocycles. The molecule has 0 spiro atoms. The Morgan fingerprint density at radius 1 is 1.32 bits per heavy atom. The third-order valence-corrected chi connectivity index (χ3v) is 6.31. The SMILES string of the molecule is CC(C)S(=O)(=O)NCCN1CCN(C(=O)c2ccsc2)CC1. The highest BCUT2D eigenvalue weighted by Crippen LogP contribution is 2.11. The molecule has 0 saturated carbocycles. The number of hydrogen-bond acceptors (Lipinski definition) is 5. The van der Waals surface area contributed by atoms with E-state index in [1.54, 1.807) is 13.8 Å². The van der Waals surface area contributed by atoms with E-state index < -0.39 is 15.3 Å². The quantitative estimate of drug-likeness (QED) is 0.829. The number of thiophene rings is 1. The Labute approximate surface area is 136 Å². The zero-order valence-electron chi connectivity index (χ0n) is 13.0. The Hall–Kier alpha value is -0.960. The lowest BCUT2D eigenvalue weighted by Crippen LogP contribution is -2.50. The minimum Gasteiger partial charge on any atom is -0.336 e. The fourth-order valence-electron chi connectivity index (χ4n) is 2.26. The van der Waals surface area contributed by atoms with E-state index in [4.69, 9.17) is 0 Å². The maximum Gasteiger partial charge on any atom is 0.254 e. The van der Waals surface area contributed by atoms with E-state index in [2.05, 4.69) is 9.62 Å². The van der Waals surface area contributed by atoms with Crippen LogP contribution in [-0.4, -0.2) is 68.6 Å². The van der Waals surface area contributed by atoms with Crippen molar-refractivity contribution in [1.82, 2.24) is 14.5 Å². The molecule has 6 nitrogen and oxygen atoms in total. The zero-order chi connectivity index (χ0) is 16.2. The van der Waals surface area contributed by atoms with Crippen LogP contribution in [-0.2, 0) is 10.0 Å². The van der Waals surface area contributed by atoms with Crippen LogP contribution < -0.4 is 4.72 Å². The number of sulfonamides is 1. The van der Waals surface area contributed by atoms with Crippen molar-refractivity contribution in [3.63, 3.8) is 0 Å². The summed E-state index contributed by atoms with van der Waals surface area (Å²) in [5.41, 5.74) is 0.753. The number of carbonyl (C=O) groups excluding carboxylic acids is 1. The van der Waals surface area contributed by atoms with Gasteiger partial charge in [0, 0.05) is 44.6 Å². The molecule has 0 unspecified atom stereocenters. The molecular weight excluding hydrogens is 322 g/mol. The van der Waals surface area contributed by atoms with E-state index in [-0.39, 0.29) is 5.91 Å². The van der Waals surface area contributed by atoms with Crippen LogP contribution in [0.15, 0.2) is 16.8 Å². The van der Waals surface area contributed by atoms with E-state index in [1.807, 2.05) is 21.7 Å². The fourth-order valence-corrected chi connectivity index (χ4v) is 3.59. The number of nitrogens with one attached hydrogen (secondary N) is 1. The fraction of sp³-hybridized carbons (Fsp3) is 0.643. The van der Waals surface area contributed by atoms with Crippen molar-refractivity contribution < 1.29 is 13.2 Å². The van der Waals surface area contributed by atoms with Gasteiger partial charge in [-0.3, -0.25) is 9.69 Å². The van der Waals surface area contributed by atoms with E-state index in [0.717, 1.165) is 18.7 Å². The van der Waals surface area contributed by atoms with Crippen LogP contribution in [0.25, 0.3) is 0 Å². The second kappa shape index (κ2) is 7.54. The Kier molecular flexibility index (Phi) is 5.96. The molecule has 1 N–H and O–H groups in total. The Morgan fingerprint density at radius 3 is 2.55 bits per heavy atom. The third kappa shape index (κ3) is 4.52. The van der Waals surface area contributed by atoms with E-state index in [1.165, 1.54) is 11.3 Å². The Balaban J connectivity index is 1.73. The average Bonchev–Trinajstić information content (AvgIpc) is 3.01. The molecule has 1 aromatic heterocycles. The standard InChI is InChI=1S/C14H23N3O3S2/c1-12(2)22(19,20)15-4-5-16-6-8-17(9-7-16)14(18)13-3-10-21-11-13/h3,10-12,15H,4-9H2,1-2H3. The molecule has 0 bridgehead atoms. The summed E-state index contributed by atoms with van der Waals surface area (Å²) < 4.78 is 25.9. The first-order valence-corrected chi connectivity index (χ1v) is 9.91. The number of rotatable bonds is 6. The van der Waals surface area contributed by atoms with Gasteiger partial charge in [-0.25, -0.2) is 13.1 Å². The summed E-state index contributed by atoms with van der Waals surface area (Å²) in [6.07, 6.45) is 0. The van der Waals surface area contributed by atoms with Crippen LogP contribution in [0.2, 0.25) is 0 Å². The van der Waals surface area contributed by atoms with Crippen LogP contribution >= 0.6 is 11.3 Å². The summed E-state index contributed by atoms with van der Waals surface area (Å²) >= 11 is 1.53. The molecular formula is C14H23N3O3S2.